The van der Waals surface area contributed by atoms with Crippen LogP contribution in [0.3, 0.4) is 0 Å². The first kappa shape index (κ1) is 12.4. The molecule has 3 heteroatoms. The van der Waals surface area contributed by atoms with E-state index >= 15 is 0 Å². The molecular formula is C15H16BrNS. The smallest absolute Gasteiger partial charge is 0.0303 e. The number of thiophene rings is 1. The zero-order valence-electron chi connectivity index (χ0n) is 10.2. The van der Waals surface area contributed by atoms with Crippen LogP contribution in [0.5, 0.6) is 0 Å². The molecule has 0 saturated heterocycles. The van der Waals surface area contributed by atoms with Gasteiger partial charge in [0.2, 0.25) is 0 Å². The summed E-state index contributed by atoms with van der Waals surface area (Å²) in [7, 11) is 0. The van der Waals surface area contributed by atoms with Crippen LogP contribution in [0, 0.1) is 0 Å². The summed E-state index contributed by atoms with van der Waals surface area (Å²) in [5.74, 6) is 0.857. The van der Waals surface area contributed by atoms with Crippen molar-refractivity contribution in [2.75, 3.05) is 0 Å². The first-order valence-electron chi connectivity index (χ1n) is 6.34. The van der Waals surface area contributed by atoms with Crippen molar-refractivity contribution in [1.29, 1.82) is 0 Å². The number of hydrogen-bond acceptors (Lipinski definition) is 2. The van der Waals surface area contributed by atoms with Crippen LogP contribution in [0.25, 0.3) is 0 Å². The Kier molecular flexibility index (Phi) is 3.83. The van der Waals surface area contributed by atoms with E-state index in [1.807, 2.05) is 0 Å². The minimum Gasteiger partial charge on any atom is -0.308 e. The lowest BCUT2D eigenvalue weighted by molar-refractivity contribution is 0.700. The van der Waals surface area contributed by atoms with Crippen molar-refractivity contribution < 1.29 is 0 Å². The second-order valence-electron chi connectivity index (χ2n) is 4.85. The summed E-state index contributed by atoms with van der Waals surface area (Å²) in [6, 6.07) is 11.3. The van der Waals surface area contributed by atoms with Crippen molar-refractivity contribution in [3.63, 3.8) is 0 Å². The molecule has 1 aliphatic rings. The topological polar surface area (TPSA) is 12.0 Å². The lowest BCUT2D eigenvalue weighted by Gasteiger charge is -2.05. The first-order valence-corrected chi connectivity index (χ1v) is 8.01. The largest absolute Gasteiger partial charge is 0.308 e. The molecule has 1 N–H and O–H groups in total. The number of rotatable bonds is 5. The highest BCUT2D eigenvalue weighted by Crippen LogP contribution is 2.39. The molecule has 1 aromatic heterocycles. The van der Waals surface area contributed by atoms with Gasteiger partial charge in [-0.1, -0.05) is 24.3 Å². The van der Waals surface area contributed by atoms with Crippen molar-refractivity contribution in [2.45, 2.75) is 31.8 Å². The maximum atomic E-state index is 3.49. The summed E-state index contributed by atoms with van der Waals surface area (Å²) >= 11 is 5.27. The highest BCUT2D eigenvalue weighted by molar-refractivity contribution is 9.10. The third-order valence-electron chi connectivity index (χ3n) is 3.28. The van der Waals surface area contributed by atoms with Crippen LogP contribution in [0.4, 0.5) is 0 Å². The third kappa shape index (κ3) is 3.22. The van der Waals surface area contributed by atoms with E-state index in [4.69, 9.17) is 0 Å². The summed E-state index contributed by atoms with van der Waals surface area (Å²) in [6.07, 6.45) is 2.76. The van der Waals surface area contributed by atoms with E-state index in [0.717, 1.165) is 19.0 Å². The van der Waals surface area contributed by atoms with Crippen LogP contribution < -0.4 is 5.32 Å². The Labute approximate surface area is 120 Å². The molecular weight excluding hydrogens is 306 g/mol. The second kappa shape index (κ2) is 5.55. The molecule has 0 amide bonds. The summed E-state index contributed by atoms with van der Waals surface area (Å²) in [6.45, 7) is 1.89. The minimum atomic E-state index is 0.857. The quantitative estimate of drug-likeness (QED) is 0.843. The Hall–Kier alpha value is -0.640. The molecule has 3 rings (SSSR count). The van der Waals surface area contributed by atoms with E-state index in [9.17, 15) is 0 Å². The zero-order valence-corrected chi connectivity index (χ0v) is 12.6. The van der Waals surface area contributed by atoms with Crippen molar-refractivity contribution >= 4 is 27.3 Å². The van der Waals surface area contributed by atoms with Gasteiger partial charge < -0.3 is 5.32 Å². The van der Waals surface area contributed by atoms with Gasteiger partial charge in [0.05, 0.1) is 0 Å². The highest BCUT2D eigenvalue weighted by atomic mass is 79.9. The molecule has 2 aromatic rings. The minimum absolute atomic E-state index is 0.857. The molecule has 94 valence electrons. The van der Waals surface area contributed by atoms with Gasteiger partial charge in [-0.2, -0.15) is 0 Å². The normalized spacial score (nSPS) is 14.9. The second-order valence-corrected chi connectivity index (χ2v) is 6.76. The standard InChI is InChI=1S/C15H16BrNS/c16-14-7-15(18-10-14)9-17-8-11-1-3-12(4-2-11)13-5-6-13/h1-4,7,10,13,17H,5-6,8-9H2. The fourth-order valence-corrected chi connectivity index (χ4v) is 3.52. The van der Waals surface area contributed by atoms with Crippen LogP contribution >= 0.6 is 27.3 Å². The summed E-state index contributed by atoms with van der Waals surface area (Å²) in [4.78, 5) is 1.37. The summed E-state index contributed by atoms with van der Waals surface area (Å²) < 4.78 is 1.18. The van der Waals surface area contributed by atoms with Crippen LogP contribution in [0.2, 0.25) is 0 Å². The molecule has 1 aliphatic carbocycles. The highest BCUT2D eigenvalue weighted by Gasteiger charge is 2.22. The Balaban J connectivity index is 1.50. The van der Waals surface area contributed by atoms with Gasteiger partial charge in [-0.05, 0) is 51.9 Å². The molecule has 0 bridgehead atoms. The molecule has 1 fully saturated rings. The molecule has 1 heterocycles. The van der Waals surface area contributed by atoms with E-state index < -0.39 is 0 Å². The van der Waals surface area contributed by atoms with Crippen LogP contribution in [-0.2, 0) is 13.1 Å². The first-order chi connectivity index (χ1) is 8.81. The molecule has 1 nitrogen and oxygen atoms in total. The van der Waals surface area contributed by atoms with Gasteiger partial charge >= 0.3 is 0 Å². The molecule has 1 saturated carbocycles. The van der Waals surface area contributed by atoms with Crippen molar-refractivity contribution in [3.05, 3.63) is 56.2 Å². The summed E-state index contributed by atoms with van der Waals surface area (Å²) in [5, 5.41) is 5.61. The fourth-order valence-electron chi connectivity index (χ4n) is 2.10. The van der Waals surface area contributed by atoms with E-state index in [2.05, 4.69) is 57.0 Å². The van der Waals surface area contributed by atoms with Gasteiger partial charge in [-0.15, -0.1) is 11.3 Å². The van der Waals surface area contributed by atoms with Crippen molar-refractivity contribution in [2.24, 2.45) is 0 Å². The molecule has 0 aliphatic heterocycles. The van der Waals surface area contributed by atoms with E-state index in [1.54, 1.807) is 11.3 Å². The van der Waals surface area contributed by atoms with Crippen molar-refractivity contribution in [1.82, 2.24) is 5.32 Å². The van der Waals surface area contributed by atoms with Crippen LogP contribution in [0.1, 0.15) is 34.8 Å². The van der Waals surface area contributed by atoms with Crippen LogP contribution in [0.15, 0.2) is 40.2 Å². The molecule has 18 heavy (non-hydrogen) atoms. The van der Waals surface area contributed by atoms with Gasteiger partial charge in [-0.25, -0.2) is 0 Å². The number of nitrogens with one attached hydrogen (secondary N) is 1. The Morgan fingerprint density at radius 1 is 1.17 bits per heavy atom. The average Bonchev–Trinajstić information content (AvgIpc) is 3.15. The molecule has 1 aromatic carbocycles. The fraction of sp³-hybridized carbons (Fsp3) is 0.333. The van der Waals surface area contributed by atoms with Crippen molar-refractivity contribution in [3.8, 4) is 0 Å². The lowest BCUT2D eigenvalue weighted by atomic mass is 10.1. The van der Waals surface area contributed by atoms with Gasteiger partial charge in [0.1, 0.15) is 0 Å². The number of benzene rings is 1. The Morgan fingerprint density at radius 3 is 2.56 bits per heavy atom. The predicted octanol–water partition coefficient (Wildman–Crippen LogP) is 4.68. The third-order valence-corrected chi connectivity index (χ3v) is 4.98. The maximum Gasteiger partial charge on any atom is 0.0303 e. The zero-order chi connectivity index (χ0) is 12.4. The molecule has 0 unspecified atom stereocenters. The monoisotopic (exact) mass is 321 g/mol. The van der Waals surface area contributed by atoms with E-state index in [-0.39, 0.29) is 0 Å². The van der Waals surface area contributed by atoms with Gasteiger partial charge in [0.25, 0.3) is 0 Å². The predicted molar refractivity (Wildman–Crippen MR) is 81.0 cm³/mol. The molecule has 0 radical (unpaired) electrons. The van der Waals surface area contributed by atoms with Gasteiger partial charge in [0.15, 0.2) is 0 Å². The lowest BCUT2D eigenvalue weighted by Crippen LogP contribution is -2.11. The Bertz CT molecular complexity index is 514. The maximum absolute atomic E-state index is 3.49. The molecule has 0 atom stereocenters. The van der Waals surface area contributed by atoms with E-state index in [0.29, 0.717) is 0 Å². The van der Waals surface area contributed by atoms with Gasteiger partial charge in [-0.3, -0.25) is 0 Å². The number of halogens is 1. The average molecular weight is 322 g/mol. The SMILES string of the molecule is Brc1csc(CNCc2ccc(C3CC3)cc2)c1. The molecule has 0 spiro atoms. The summed E-state index contributed by atoms with van der Waals surface area (Å²) in [5.41, 5.74) is 2.89. The number of hydrogen-bond donors (Lipinski definition) is 1. The van der Waals surface area contributed by atoms with Gasteiger partial charge in [0, 0.05) is 27.8 Å². The van der Waals surface area contributed by atoms with Crippen LogP contribution in [-0.4, -0.2) is 0 Å². The Morgan fingerprint density at radius 2 is 1.94 bits per heavy atom. The van der Waals surface area contributed by atoms with E-state index in [1.165, 1.54) is 33.3 Å².